The largest absolute Gasteiger partial charge is 0.300 e. The summed E-state index contributed by atoms with van der Waals surface area (Å²) < 4.78 is 0. The quantitative estimate of drug-likeness (QED) is 0.574. The van der Waals surface area contributed by atoms with Gasteiger partial charge in [-0.05, 0) is 25.9 Å². The van der Waals surface area contributed by atoms with Crippen LogP contribution < -0.4 is 0 Å². The van der Waals surface area contributed by atoms with E-state index in [0.29, 0.717) is 0 Å². The zero-order valence-corrected chi connectivity index (χ0v) is 10.4. The van der Waals surface area contributed by atoms with Crippen molar-refractivity contribution in [1.82, 2.24) is 4.90 Å². The van der Waals surface area contributed by atoms with Crippen LogP contribution in [0.15, 0.2) is 0 Å². The van der Waals surface area contributed by atoms with Gasteiger partial charge in [0.2, 0.25) is 0 Å². The maximum atomic E-state index is 2.77. The Morgan fingerprint density at radius 3 is 1.58 bits per heavy atom. The summed E-state index contributed by atoms with van der Waals surface area (Å²) >= 11 is 0. The molecule has 76 valence electrons. The highest BCUT2D eigenvalue weighted by atomic mass is 31.0. The molecule has 0 amide bonds. The lowest BCUT2D eigenvalue weighted by Crippen LogP contribution is -2.27. The zero-order valence-electron chi connectivity index (χ0n) is 9.27. The highest BCUT2D eigenvalue weighted by Gasteiger charge is 2.05. The maximum Gasteiger partial charge on any atom is 0.0126 e. The van der Waals surface area contributed by atoms with E-state index in [9.17, 15) is 0 Å². The molecule has 0 aliphatic carbocycles. The lowest BCUT2D eigenvalue weighted by molar-refractivity contribution is 0.266. The molecule has 1 aliphatic heterocycles. The third-order valence-electron chi connectivity index (χ3n) is 1.71. The summed E-state index contributed by atoms with van der Waals surface area (Å²) in [6.07, 6.45) is 5.43. The first kappa shape index (κ1) is 14.9. The Balaban J connectivity index is 0. The van der Waals surface area contributed by atoms with Crippen molar-refractivity contribution in [3.8, 4) is 0 Å². The van der Waals surface area contributed by atoms with Gasteiger partial charge in [-0.1, -0.05) is 34.1 Å². The van der Waals surface area contributed by atoms with E-state index in [2.05, 4.69) is 14.1 Å². The first-order valence-electron chi connectivity index (χ1n) is 5.36. The van der Waals surface area contributed by atoms with Crippen LogP contribution in [0.25, 0.3) is 0 Å². The van der Waals surface area contributed by atoms with Crippen molar-refractivity contribution in [3.05, 3.63) is 0 Å². The summed E-state index contributed by atoms with van der Waals surface area (Å²) in [5, 5.41) is 0. The van der Waals surface area contributed by atoms with Crippen LogP contribution in [0.4, 0.5) is 0 Å². The molecule has 0 bridgehead atoms. The molecule has 1 rings (SSSR count). The van der Waals surface area contributed by atoms with Crippen molar-refractivity contribution in [3.63, 3.8) is 0 Å². The van der Waals surface area contributed by atoms with Crippen molar-refractivity contribution < 1.29 is 0 Å². The van der Waals surface area contributed by atoms with Crippen LogP contribution in [0.1, 0.15) is 47.0 Å². The van der Waals surface area contributed by atoms with E-state index in [0.717, 1.165) is 0 Å². The van der Waals surface area contributed by atoms with Crippen molar-refractivity contribution in [2.24, 2.45) is 0 Å². The normalized spacial score (nSPS) is 16.8. The van der Waals surface area contributed by atoms with E-state index in [-0.39, 0.29) is 0 Å². The van der Waals surface area contributed by atoms with Gasteiger partial charge in [-0.25, -0.2) is 0 Å². The van der Waals surface area contributed by atoms with Gasteiger partial charge in [-0.3, -0.25) is 4.90 Å². The summed E-state index contributed by atoms with van der Waals surface area (Å²) in [7, 11) is 2.77. The smallest absolute Gasteiger partial charge is 0.0126 e. The Morgan fingerprint density at radius 2 is 1.33 bits per heavy atom. The number of hydrogen-bond acceptors (Lipinski definition) is 1. The second-order valence-corrected chi connectivity index (χ2v) is 2.73. The fourth-order valence-electron chi connectivity index (χ4n) is 1.14. The molecule has 0 aromatic heterocycles. The SMILES string of the molecule is CC.CC.PCN1CCCCC1. The molecule has 1 heterocycles. The number of piperidine rings is 1. The maximum absolute atomic E-state index is 2.77. The van der Waals surface area contributed by atoms with Crippen LogP contribution in [0.5, 0.6) is 0 Å². The van der Waals surface area contributed by atoms with E-state index >= 15 is 0 Å². The van der Waals surface area contributed by atoms with Crippen molar-refractivity contribution >= 4 is 9.24 Å². The summed E-state index contributed by atoms with van der Waals surface area (Å²) in [6, 6.07) is 0. The first-order chi connectivity index (χ1) is 5.93. The van der Waals surface area contributed by atoms with Gasteiger partial charge >= 0.3 is 0 Å². The van der Waals surface area contributed by atoms with Crippen molar-refractivity contribution in [2.75, 3.05) is 19.4 Å². The molecular formula is C10H26NP. The minimum atomic E-state index is 1.17. The van der Waals surface area contributed by atoms with E-state index in [1.165, 1.54) is 38.6 Å². The molecule has 1 saturated heterocycles. The second kappa shape index (κ2) is 13.9. The number of likely N-dealkylation sites (tertiary alicyclic amines) is 1. The Morgan fingerprint density at radius 1 is 0.917 bits per heavy atom. The third kappa shape index (κ3) is 8.49. The predicted octanol–water partition coefficient (Wildman–Crippen LogP) is 3.36. The summed E-state index contributed by atoms with van der Waals surface area (Å²) in [5.41, 5.74) is 0. The fourth-order valence-corrected chi connectivity index (χ4v) is 1.51. The highest BCUT2D eigenvalue weighted by molar-refractivity contribution is 7.16. The van der Waals surface area contributed by atoms with E-state index in [4.69, 9.17) is 0 Å². The lowest BCUT2D eigenvalue weighted by atomic mass is 10.1. The van der Waals surface area contributed by atoms with E-state index < -0.39 is 0 Å². The molecule has 1 fully saturated rings. The van der Waals surface area contributed by atoms with Gasteiger partial charge in [0.1, 0.15) is 0 Å². The molecule has 1 unspecified atom stereocenters. The zero-order chi connectivity index (χ0) is 9.82. The Labute approximate surface area is 81.1 Å². The van der Waals surface area contributed by atoms with Gasteiger partial charge in [0.05, 0.1) is 0 Å². The molecule has 0 aromatic rings. The fraction of sp³-hybridized carbons (Fsp3) is 1.00. The van der Waals surface area contributed by atoms with Gasteiger partial charge in [-0.15, -0.1) is 9.24 Å². The second-order valence-electron chi connectivity index (χ2n) is 2.36. The molecule has 0 aromatic carbocycles. The first-order valence-corrected chi connectivity index (χ1v) is 6.17. The van der Waals surface area contributed by atoms with Gasteiger partial charge in [0.15, 0.2) is 0 Å². The highest BCUT2D eigenvalue weighted by Crippen LogP contribution is 2.08. The van der Waals surface area contributed by atoms with E-state index in [1.807, 2.05) is 27.7 Å². The summed E-state index contributed by atoms with van der Waals surface area (Å²) in [5.74, 6) is 0. The predicted molar refractivity (Wildman–Crippen MR) is 62.7 cm³/mol. The molecule has 12 heavy (non-hydrogen) atoms. The number of hydrogen-bond donors (Lipinski definition) is 0. The topological polar surface area (TPSA) is 3.24 Å². The van der Waals surface area contributed by atoms with Gasteiger partial charge in [-0.2, -0.15) is 0 Å². The van der Waals surface area contributed by atoms with Crippen LogP contribution in [0, 0.1) is 0 Å². The lowest BCUT2D eigenvalue weighted by Gasteiger charge is -2.24. The molecule has 0 radical (unpaired) electrons. The minimum absolute atomic E-state index is 1.17. The van der Waals surface area contributed by atoms with Crippen molar-refractivity contribution in [1.29, 1.82) is 0 Å². The van der Waals surface area contributed by atoms with Crippen LogP contribution in [-0.2, 0) is 0 Å². The monoisotopic (exact) mass is 191 g/mol. The van der Waals surface area contributed by atoms with Crippen LogP contribution in [0.3, 0.4) is 0 Å². The van der Waals surface area contributed by atoms with Gasteiger partial charge in [0.25, 0.3) is 0 Å². The molecule has 1 nitrogen and oxygen atoms in total. The van der Waals surface area contributed by atoms with Crippen LogP contribution in [0.2, 0.25) is 0 Å². The van der Waals surface area contributed by atoms with E-state index in [1.54, 1.807) is 0 Å². The molecule has 1 aliphatic rings. The van der Waals surface area contributed by atoms with Crippen LogP contribution in [-0.4, -0.2) is 24.3 Å². The molecular weight excluding hydrogens is 165 g/mol. The van der Waals surface area contributed by atoms with Gasteiger partial charge in [0, 0.05) is 6.29 Å². The molecule has 0 saturated carbocycles. The Hall–Kier alpha value is 0.390. The average molecular weight is 191 g/mol. The minimum Gasteiger partial charge on any atom is -0.300 e. The Bertz CT molecular complexity index is 60.9. The molecule has 0 N–H and O–H groups in total. The summed E-state index contributed by atoms with van der Waals surface area (Å²) in [4.78, 5) is 2.48. The standard InChI is InChI=1S/C6H14NP.2C2H6/c8-6-7-4-2-1-3-5-7;2*1-2/h1-6,8H2;2*1-2H3. The van der Waals surface area contributed by atoms with Crippen molar-refractivity contribution in [2.45, 2.75) is 47.0 Å². The molecule has 0 spiro atoms. The third-order valence-corrected chi connectivity index (χ3v) is 2.22. The number of nitrogens with zero attached hydrogens (tertiary/aromatic N) is 1. The number of rotatable bonds is 1. The van der Waals surface area contributed by atoms with Gasteiger partial charge < -0.3 is 0 Å². The molecule has 2 heteroatoms. The summed E-state index contributed by atoms with van der Waals surface area (Å²) in [6.45, 7) is 10.6. The van der Waals surface area contributed by atoms with Crippen LogP contribution >= 0.6 is 9.24 Å². The average Bonchev–Trinajstić information content (AvgIpc) is 2.25. The molecule has 1 atom stereocenters. The Kier molecular flexibility index (Phi) is 17.3.